The number of para-hydroxylation sites is 2. The van der Waals surface area contributed by atoms with Crippen LogP contribution in [0.4, 0.5) is 0 Å². The second-order valence-corrected chi connectivity index (χ2v) is 4.56. The van der Waals surface area contributed by atoms with Gasteiger partial charge < -0.3 is 15.2 Å². The van der Waals surface area contributed by atoms with Crippen LogP contribution in [-0.2, 0) is 0 Å². The quantitative estimate of drug-likeness (QED) is 0.867. The summed E-state index contributed by atoms with van der Waals surface area (Å²) in [6, 6.07) is 13.2. The van der Waals surface area contributed by atoms with Crippen molar-refractivity contribution in [3.8, 4) is 17.2 Å². The van der Waals surface area contributed by atoms with Gasteiger partial charge in [0.1, 0.15) is 10.7 Å². The van der Waals surface area contributed by atoms with Gasteiger partial charge in [0.25, 0.3) is 0 Å². The number of ether oxygens (including phenoxy) is 2. The molecule has 0 saturated carbocycles. The van der Waals surface area contributed by atoms with E-state index in [1.54, 1.807) is 7.11 Å². The van der Waals surface area contributed by atoms with Crippen LogP contribution in [0.3, 0.4) is 0 Å². The fourth-order valence-electron chi connectivity index (χ4n) is 1.74. The highest BCUT2D eigenvalue weighted by atomic mass is 32.1. The predicted octanol–water partition coefficient (Wildman–Crippen LogP) is 3.43. The molecule has 4 heteroatoms. The van der Waals surface area contributed by atoms with Gasteiger partial charge in [-0.05, 0) is 36.8 Å². The Morgan fingerprint density at radius 1 is 1.05 bits per heavy atom. The van der Waals surface area contributed by atoms with Crippen LogP contribution < -0.4 is 15.2 Å². The van der Waals surface area contributed by atoms with Gasteiger partial charge in [-0.15, -0.1) is 0 Å². The molecule has 0 heterocycles. The van der Waals surface area contributed by atoms with Crippen LogP contribution in [0.5, 0.6) is 17.2 Å². The smallest absolute Gasteiger partial charge is 0.169 e. The van der Waals surface area contributed by atoms with Crippen LogP contribution in [-0.4, -0.2) is 12.1 Å². The molecule has 2 rings (SSSR count). The van der Waals surface area contributed by atoms with Crippen molar-refractivity contribution in [2.24, 2.45) is 5.73 Å². The Kier molecular flexibility index (Phi) is 4.02. The molecule has 0 radical (unpaired) electrons. The van der Waals surface area contributed by atoms with Crippen molar-refractivity contribution >= 4 is 17.2 Å². The van der Waals surface area contributed by atoms with Crippen molar-refractivity contribution < 1.29 is 9.47 Å². The number of aryl methyl sites for hydroxylation is 1. The van der Waals surface area contributed by atoms with E-state index in [-0.39, 0.29) is 0 Å². The van der Waals surface area contributed by atoms with Crippen molar-refractivity contribution in [1.82, 2.24) is 0 Å². The fraction of sp³-hybridized carbons (Fsp3) is 0.133. The number of hydrogen-bond donors (Lipinski definition) is 1. The summed E-state index contributed by atoms with van der Waals surface area (Å²) in [4.78, 5) is 0.310. The van der Waals surface area contributed by atoms with Crippen LogP contribution in [0.1, 0.15) is 11.1 Å². The Hall–Kier alpha value is -2.07. The summed E-state index contributed by atoms with van der Waals surface area (Å²) in [5, 5.41) is 0. The lowest BCUT2D eigenvalue weighted by atomic mass is 10.1. The molecule has 0 aliphatic rings. The molecule has 3 nitrogen and oxygen atoms in total. The molecule has 2 aromatic carbocycles. The maximum Gasteiger partial charge on any atom is 0.169 e. The third kappa shape index (κ3) is 3.03. The zero-order valence-corrected chi connectivity index (χ0v) is 11.7. The van der Waals surface area contributed by atoms with Gasteiger partial charge in [0.2, 0.25) is 0 Å². The molecule has 0 bridgehead atoms. The maximum absolute atomic E-state index is 5.88. The first kappa shape index (κ1) is 13.4. The summed E-state index contributed by atoms with van der Waals surface area (Å²) in [6.07, 6.45) is 0. The largest absolute Gasteiger partial charge is 0.493 e. The van der Waals surface area contributed by atoms with Gasteiger partial charge >= 0.3 is 0 Å². The van der Waals surface area contributed by atoms with E-state index in [4.69, 9.17) is 27.4 Å². The number of thiocarbonyl (C=S) groups is 1. The van der Waals surface area contributed by atoms with Gasteiger partial charge in [-0.2, -0.15) is 0 Å². The lowest BCUT2D eigenvalue weighted by Crippen LogP contribution is -2.10. The monoisotopic (exact) mass is 273 g/mol. The Balaban J connectivity index is 2.42. The van der Waals surface area contributed by atoms with Gasteiger partial charge in [0, 0.05) is 0 Å². The summed E-state index contributed by atoms with van der Waals surface area (Å²) >= 11 is 5.04. The first-order valence-corrected chi connectivity index (χ1v) is 6.24. The standard InChI is InChI=1S/C15H15NO2S/c1-10-7-8-11(15(16)19)14(9-10)18-13-6-4-3-5-12(13)17-2/h3-9H,1-2H3,(H2,16,19). The highest BCUT2D eigenvalue weighted by molar-refractivity contribution is 7.80. The number of rotatable bonds is 4. The van der Waals surface area contributed by atoms with Crippen molar-refractivity contribution in [2.45, 2.75) is 6.92 Å². The molecule has 0 spiro atoms. The second kappa shape index (κ2) is 5.71. The molecular weight excluding hydrogens is 258 g/mol. The molecule has 0 fully saturated rings. The van der Waals surface area contributed by atoms with E-state index in [2.05, 4.69) is 0 Å². The lowest BCUT2D eigenvalue weighted by Gasteiger charge is -2.13. The second-order valence-electron chi connectivity index (χ2n) is 4.12. The Bertz CT molecular complexity index is 611. The van der Waals surface area contributed by atoms with Crippen LogP contribution in [0, 0.1) is 6.92 Å². The van der Waals surface area contributed by atoms with E-state index in [1.807, 2.05) is 49.4 Å². The summed E-state index contributed by atoms with van der Waals surface area (Å²) in [5.41, 5.74) is 7.50. The van der Waals surface area contributed by atoms with Gasteiger partial charge in [-0.1, -0.05) is 30.4 Å². The molecule has 0 aromatic heterocycles. The zero-order chi connectivity index (χ0) is 13.8. The number of benzene rings is 2. The Morgan fingerprint density at radius 2 is 1.74 bits per heavy atom. The topological polar surface area (TPSA) is 44.5 Å². The molecular formula is C15H15NO2S. The Labute approximate surface area is 118 Å². The zero-order valence-electron chi connectivity index (χ0n) is 10.8. The molecule has 0 amide bonds. The molecule has 0 saturated heterocycles. The first-order valence-electron chi connectivity index (χ1n) is 5.83. The Morgan fingerprint density at radius 3 is 2.37 bits per heavy atom. The molecule has 98 valence electrons. The fourth-order valence-corrected chi connectivity index (χ4v) is 1.91. The van der Waals surface area contributed by atoms with Gasteiger partial charge in [0.15, 0.2) is 11.5 Å². The van der Waals surface area contributed by atoms with Crippen molar-refractivity contribution in [3.05, 3.63) is 53.6 Å². The normalized spacial score (nSPS) is 10.0. The van der Waals surface area contributed by atoms with Crippen LogP contribution in [0.2, 0.25) is 0 Å². The minimum Gasteiger partial charge on any atom is -0.493 e. The van der Waals surface area contributed by atoms with E-state index < -0.39 is 0 Å². The van der Waals surface area contributed by atoms with Gasteiger partial charge in [0.05, 0.1) is 12.7 Å². The van der Waals surface area contributed by atoms with Crippen LogP contribution >= 0.6 is 12.2 Å². The minimum absolute atomic E-state index is 0.310. The highest BCUT2D eigenvalue weighted by Gasteiger charge is 2.10. The molecule has 0 aliphatic heterocycles. The average Bonchev–Trinajstić information content (AvgIpc) is 2.39. The predicted molar refractivity (Wildman–Crippen MR) is 80.1 cm³/mol. The number of nitrogens with two attached hydrogens (primary N) is 1. The molecule has 0 unspecified atom stereocenters. The highest BCUT2D eigenvalue weighted by Crippen LogP contribution is 2.33. The summed E-state index contributed by atoms with van der Waals surface area (Å²) < 4.78 is 11.1. The van der Waals surface area contributed by atoms with E-state index >= 15 is 0 Å². The van der Waals surface area contributed by atoms with Gasteiger partial charge in [-0.25, -0.2) is 0 Å². The first-order chi connectivity index (χ1) is 9.11. The number of hydrogen-bond acceptors (Lipinski definition) is 3. The molecule has 0 aliphatic carbocycles. The maximum atomic E-state index is 5.88. The minimum atomic E-state index is 0.310. The molecule has 0 atom stereocenters. The third-order valence-corrected chi connectivity index (χ3v) is 2.91. The van der Waals surface area contributed by atoms with E-state index in [0.29, 0.717) is 27.8 Å². The van der Waals surface area contributed by atoms with E-state index in [9.17, 15) is 0 Å². The summed E-state index contributed by atoms with van der Waals surface area (Å²) in [7, 11) is 1.60. The molecule has 2 aromatic rings. The van der Waals surface area contributed by atoms with Gasteiger partial charge in [-0.3, -0.25) is 0 Å². The lowest BCUT2D eigenvalue weighted by molar-refractivity contribution is 0.378. The van der Waals surface area contributed by atoms with Crippen molar-refractivity contribution in [2.75, 3.05) is 7.11 Å². The number of methoxy groups -OCH3 is 1. The molecule has 2 N–H and O–H groups in total. The molecule has 19 heavy (non-hydrogen) atoms. The van der Waals surface area contributed by atoms with Crippen molar-refractivity contribution in [1.29, 1.82) is 0 Å². The average molecular weight is 273 g/mol. The van der Waals surface area contributed by atoms with Crippen LogP contribution in [0.15, 0.2) is 42.5 Å². The SMILES string of the molecule is COc1ccccc1Oc1cc(C)ccc1C(N)=S. The van der Waals surface area contributed by atoms with Crippen molar-refractivity contribution in [3.63, 3.8) is 0 Å². The van der Waals surface area contributed by atoms with E-state index in [0.717, 1.165) is 5.56 Å². The van der Waals surface area contributed by atoms with E-state index in [1.165, 1.54) is 0 Å². The summed E-state index contributed by atoms with van der Waals surface area (Å²) in [5.74, 6) is 1.93. The third-order valence-electron chi connectivity index (χ3n) is 2.69. The van der Waals surface area contributed by atoms with Crippen LogP contribution in [0.25, 0.3) is 0 Å². The summed E-state index contributed by atoms with van der Waals surface area (Å²) in [6.45, 7) is 1.98.